The van der Waals surface area contributed by atoms with Crippen molar-refractivity contribution in [2.45, 2.75) is 38.5 Å². The predicted octanol–water partition coefficient (Wildman–Crippen LogP) is 3.53. The molecule has 0 atom stereocenters. The number of rotatable bonds is 5. The van der Waals surface area contributed by atoms with E-state index in [-0.39, 0.29) is 17.4 Å². The molecule has 112 valence electrons. The van der Waals surface area contributed by atoms with E-state index in [1.807, 2.05) is 6.07 Å². The Kier molecular flexibility index (Phi) is 4.79. The van der Waals surface area contributed by atoms with E-state index < -0.39 is 11.8 Å². The third-order valence-electron chi connectivity index (χ3n) is 4.20. The van der Waals surface area contributed by atoms with E-state index in [0.29, 0.717) is 12.2 Å². The molecule has 1 aromatic rings. The predicted molar refractivity (Wildman–Crippen MR) is 77.4 cm³/mol. The van der Waals surface area contributed by atoms with Gasteiger partial charge in [-0.15, -0.1) is 0 Å². The average Bonchev–Trinajstić information content (AvgIpc) is 2.46. The zero-order chi connectivity index (χ0) is 15.3. The summed E-state index contributed by atoms with van der Waals surface area (Å²) in [5.41, 5.74) is 0.538. The number of nitrogens with one attached hydrogen (secondary N) is 1. The smallest absolute Gasteiger partial charge is 0.303 e. The number of nitrogens with zero attached hydrogens (tertiary/aromatic N) is 1. The second kappa shape index (κ2) is 6.57. The molecule has 0 aromatic heterocycles. The number of nitriles is 1. The number of carboxylic acids is 1. The average molecular weight is 290 g/mol. The molecule has 4 nitrogen and oxygen atoms in total. The van der Waals surface area contributed by atoms with Crippen LogP contribution in [-0.4, -0.2) is 17.6 Å². The summed E-state index contributed by atoms with van der Waals surface area (Å²) in [4.78, 5) is 11.1. The van der Waals surface area contributed by atoms with Gasteiger partial charge in [0, 0.05) is 6.54 Å². The van der Waals surface area contributed by atoms with E-state index in [2.05, 4.69) is 5.32 Å². The van der Waals surface area contributed by atoms with Crippen LogP contribution in [0.15, 0.2) is 18.2 Å². The molecule has 0 radical (unpaired) electrons. The van der Waals surface area contributed by atoms with Gasteiger partial charge in [0.15, 0.2) is 0 Å². The summed E-state index contributed by atoms with van der Waals surface area (Å²) in [5, 5.41) is 21.3. The van der Waals surface area contributed by atoms with Gasteiger partial charge in [0.05, 0.1) is 17.7 Å². The molecule has 2 N–H and O–H groups in total. The molecule has 1 fully saturated rings. The summed E-state index contributed by atoms with van der Waals surface area (Å²) in [6.45, 7) is 0.500. The van der Waals surface area contributed by atoms with Gasteiger partial charge in [-0.2, -0.15) is 5.26 Å². The van der Waals surface area contributed by atoms with Crippen molar-refractivity contribution < 1.29 is 14.3 Å². The van der Waals surface area contributed by atoms with Crippen molar-refractivity contribution in [2.75, 3.05) is 11.9 Å². The zero-order valence-electron chi connectivity index (χ0n) is 11.9. The van der Waals surface area contributed by atoms with Gasteiger partial charge in [0.2, 0.25) is 0 Å². The quantitative estimate of drug-likeness (QED) is 0.870. The van der Waals surface area contributed by atoms with Crippen LogP contribution in [0.5, 0.6) is 0 Å². The monoisotopic (exact) mass is 290 g/mol. The van der Waals surface area contributed by atoms with Gasteiger partial charge in [-0.25, -0.2) is 4.39 Å². The van der Waals surface area contributed by atoms with Crippen LogP contribution in [0.25, 0.3) is 0 Å². The topological polar surface area (TPSA) is 73.1 Å². The molecular weight excluding hydrogens is 271 g/mol. The van der Waals surface area contributed by atoms with Crippen molar-refractivity contribution in [1.82, 2.24) is 0 Å². The van der Waals surface area contributed by atoms with Gasteiger partial charge in [-0.05, 0) is 36.5 Å². The lowest BCUT2D eigenvalue weighted by Gasteiger charge is -2.36. The summed E-state index contributed by atoms with van der Waals surface area (Å²) in [7, 11) is 0. The highest BCUT2D eigenvalue weighted by molar-refractivity contribution is 5.68. The standard InChI is InChI=1S/C16H19FN2O2/c17-13-4-5-14(12(8-13)10-18)19-11-16(9-15(20)21)6-2-1-3-7-16/h4-5,8,19H,1-3,6-7,9,11H2,(H,20,21). The Bertz CT molecular complexity index is 560. The number of hydrogen-bond acceptors (Lipinski definition) is 3. The van der Waals surface area contributed by atoms with Crippen LogP contribution in [0.3, 0.4) is 0 Å². The Morgan fingerprint density at radius 2 is 2.10 bits per heavy atom. The Labute approximate surface area is 123 Å². The highest BCUT2D eigenvalue weighted by Gasteiger charge is 2.34. The Morgan fingerprint density at radius 1 is 1.38 bits per heavy atom. The van der Waals surface area contributed by atoms with E-state index >= 15 is 0 Å². The van der Waals surface area contributed by atoms with E-state index in [0.717, 1.165) is 32.1 Å². The van der Waals surface area contributed by atoms with Crippen LogP contribution in [0.2, 0.25) is 0 Å². The van der Waals surface area contributed by atoms with E-state index in [9.17, 15) is 9.18 Å². The van der Waals surface area contributed by atoms with Crippen molar-refractivity contribution >= 4 is 11.7 Å². The minimum absolute atomic E-state index is 0.128. The summed E-state index contributed by atoms with van der Waals surface area (Å²) in [6.07, 6.45) is 5.07. The summed E-state index contributed by atoms with van der Waals surface area (Å²) >= 11 is 0. The number of anilines is 1. The van der Waals surface area contributed by atoms with Crippen molar-refractivity contribution in [3.63, 3.8) is 0 Å². The van der Waals surface area contributed by atoms with E-state index in [1.54, 1.807) is 0 Å². The summed E-state index contributed by atoms with van der Waals surface area (Å²) in [6, 6.07) is 5.98. The maximum Gasteiger partial charge on any atom is 0.303 e. The lowest BCUT2D eigenvalue weighted by atomic mass is 9.71. The van der Waals surface area contributed by atoms with Crippen LogP contribution >= 0.6 is 0 Å². The molecule has 0 amide bonds. The first-order valence-electron chi connectivity index (χ1n) is 7.20. The number of halogens is 1. The molecule has 2 rings (SSSR count). The second-order valence-electron chi connectivity index (χ2n) is 5.79. The molecule has 21 heavy (non-hydrogen) atoms. The number of aliphatic carboxylic acids is 1. The molecule has 1 aromatic carbocycles. The van der Waals surface area contributed by atoms with Crippen molar-refractivity contribution in [1.29, 1.82) is 5.26 Å². The zero-order valence-corrected chi connectivity index (χ0v) is 11.9. The Balaban J connectivity index is 2.12. The Morgan fingerprint density at radius 3 is 2.71 bits per heavy atom. The maximum absolute atomic E-state index is 13.1. The van der Waals surface area contributed by atoms with E-state index in [4.69, 9.17) is 10.4 Å². The van der Waals surface area contributed by atoms with Crippen LogP contribution < -0.4 is 5.32 Å². The molecule has 5 heteroatoms. The normalized spacial score (nSPS) is 17.0. The van der Waals surface area contributed by atoms with Gasteiger partial charge < -0.3 is 10.4 Å². The van der Waals surface area contributed by atoms with Crippen molar-refractivity contribution in [2.24, 2.45) is 5.41 Å². The van der Waals surface area contributed by atoms with Gasteiger partial charge >= 0.3 is 5.97 Å². The van der Waals surface area contributed by atoms with Gasteiger partial charge in [0.25, 0.3) is 0 Å². The molecule has 0 aliphatic heterocycles. The maximum atomic E-state index is 13.1. The molecule has 0 saturated heterocycles. The highest BCUT2D eigenvalue weighted by Crippen LogP contribution is 2.39. The van der Waals surface area contributed by atoms with Gasteiger partial charge in [0.1, 0.15) is 11.9 Å². The van der Waals surface area contributed by atoms with Gasteiger partial charge in [-0.3, -0.25) is 4.79 Å². The van der Waals surface area contributed by atoms with Crippen LogP contribution in [0.4, 0.5) is 10.1 Å². The Hall–Kier alpha value is -2.09. The minimum atomic E-state index is -0.793. The molecular formula is C16H19FN2O2. The lowest BCUT2D eigenvalue weighted by molar-refractivity contribution is -0.140. The SMILES string of the molecule is N#Cc1cc(F)ccc1NCC1(CC(=O)O)CCCCC1. The second-order valence-corrected chi connectivity index (χ2v) is 5.79. The van der Waals surface area contributed by atoms with Crippen LogP contribution in [0.1, 0.15) is 44.1 Å². The molecule has 1 aliphatic carbocycles. The van der Waals surface area contributed by atoms with Gasteiger partial charge in [-0.1, -0.05) is 19.3 Å². The molecule has 0 bridgehead atoms. The fourth-order valence-electron chi connectivity index (χ4n) is 3.08. The van der Waals surface area contributed by atoms with Crippen LogP contribution in [-0.2, 0) is 4.79 Å². The third kappa shape index (κ3) is 3.94. The lowest BCUT2D eigenvalue weighted by Crippen LogP contribution is -2.34. The minimum Gasteiger partial charge on any atom is -0.481 e. The number of hydrogen-bond donors (Lipinski definition) is 2. The number of carbonyl (C=O) groups is 1. The third-order valence-corrected chi connectivity index (χ3v) is 4.20. The number of benzene rings is 1. The van der Waals surface area contributed by atoms with Crippen LogP contribution in [0, 0.1) is 22.6 Å². The number of carboxylic acid groups (broad SMARTS) is 1. The molecule has 0 unspecified atom stereocenters. The summed E-state index contributed by atoms with van der Waals surface area (Å²) < 4.78 is 13.1. The fourth-order valence-corrected chi connectivity index (χ4v) is 3.08. The summed E-state index contributed by atoms with van der Waals surface area (Å²) in [5.74, 6) is -1.24. The largest absolute Gasteiger partial charge is 0.481 e. The first kappa shape index (κ1) is 15.3. The first-order chi connectivity index (χ1) is 10.0. The van der Waals surface area contributed by atoms with E-state index in [1.165, 1.54) is 18.2 Å². The fraction of sp³-hybridized carbons (Fsp3) is 0.500. The molecule has 1 aliphatic rings. The van der Waals surface area contributed by atoms with Crippen molar-refractivity contribution in [3.8, 4) is 6.07 Å². The molecule has 0 spiro atoms. The molecule has 0 heterocycles. The molecule has 1 saturated carbocycles. The van der Waals surface area contributed by atoms with Crippen molar-refractivity contribution in [3.05, 3.63) is 29.6 Å². The first-order valence-corrected chi connectivity index (χ1v) is 7.20. The highest BCUT2D eigenvalue weighted by atomic mass is 19.1.